The molecule has 0 N–H and O–H groups in total. The highest BCUT2D eigenvalue weighted by atomic mass is 79.9. The van der Waals surface area contributed by atoms with Gasteiger partial charge in [0.2, 0.25) is 0 Å². The van der Waals surface area contributed by atoms with Crippen molar-refractivity contribution in [2.45, 2.75) is 39.0 Å². The molecule has 0 saturated carbocycles. The van der Waals surface area contributed by atoms with E-state index < -0.39 is 0 Å². The van der Waals surface area contributed by atoms with Crippen LogP contribution in [0.15, 0.2) is 12.2 Å². The third-order valence-electron chi connectivity index (χ3n) is 1.31. The van der Waals surface area contributed by atoms with Crippen molar-refractivity contribution >= 4 is 41.8 Å². The van der Waals surface area contributed by atoms with E-state index in [4.69, 9.17) is 0 Å². The second kappa shape index (κ2) is 18.3. The molecular formula is C9H17Br2Mg. The molecule has 0 atom stereocenters. The van der Waals surface area contributed by atoms with Gasteiger partial charge in [0.15, 0.2) is 0 Å². The number of hydrogen-bond donors (Lipinski definition) is 0. The number of hydrogen-bond acceptors (Lipinski definition) is 0. The molecule has 0 aliphatic rings. The Hall–Kier alpha value is 1.47. The second-order valence-electron chi connectivity index (χ2n) is 2.36. The minimum absolute atomic E-state index is 0.0417. The molecule has 0 aromatic carbocycles. The monoisotopic (exact) mass is 307 g/mol. The molecule has 0 spiro atoms. The van der Waals surface area contributed by atoms with Crippen molar-refractivity contribution in [3.63, 3.8) is 0 Å². The first-order valence-corrected chi connectivity index (χ1v) is 12.2. The van der Waals surface area contributed by atoms with Gasteiger partial charge in [0.1, 0.15) is 0 Å². The zero-order chi connectivity index (χ0) is 9.66. The molecule has 0 fully saturated rings. The molecule has 69 valence electrons. The zero-order valence-corrected chi connectivity index (χ0v) is 12.4. The van der Waals surface area contributed by atoms with E-state index in [0.717, 1.165) is 6.42 Å². The highest BCUT2D eigenvalue weighted by Crippen LogP contribution is 1.99. The molecule has 0 amide bonds. The van der Waals surface area contributed by atoms with Crippen molar-refractivity contribution < 1.29 is 0 Å². The summed E-state index contributed by atoms with van der Waals surface area (Å²) < 4.78 is 0. The standard InChI is InChI=1S/C9H17.2BrH.Mg/c1-3-5-7-9-8-6-4-2;;;/h5,7H,1,3-4,6,8-9H2,2H3;2*1H;/q;;;+2/p-2/b7-5-;;;. The first-order chi connectivity index (χ1) is 5.83. The number of halogens is 2. The average molecular weight is 309 g/mol. The van der Waals surface area contributed by atoms with Crippen molar-refractivity contribution in [2.24, 2.45) is 0 Å². The van der Waals surface area contributed by atoms with E-state index in [1.165, 1.54) is 25.7 Å². The lowest BCUT2D eigenvalue weighted by Crippen LogP contribution is -1.69. The third-order valence-corrected chi connectivity index (χ3v) is 1.31. The van der Waals surface area contributed by atoms with Gasteiger partial charge in [-0.15, -0.1) is 0 Å². The topological polar surface area (TPSA) is 0 Å². The molecule has 0 rings (SSSR count). The molecule has 1 radical (unpaired) electrons. The average Bonchev–Trinajstić information content (AvgIpc) is 2.06. The van der Waals surface area contributed by atoms with E-state index in [0.29, 0.717) is 0 Å². The Bertz CT molecular complexity index is 84.6. The van der Waals surface area contributed by atoms with Crippen molar-refractivity contribution in [1.29, 1.82) is 0 Å². The van der Waals surface area contributed by atoms with Gasteiger partial charge in [-0.25, -0.2) is 0 Å². The van der Waals surface area contributed by atoms with E-state index in [1.807, 2.05) is 0 Å². The molecule has 0 aliphatic carbocycles. The van der Waals surface area contributed by atoms with E-state index >= 15 is 0 Å². The molecule has 0 saturated heterocycles. The maximum absolute atomic E-state index is 3.72. The summed E-state index contributed by atoms with van der Waals surface area (Å²) in [5, 5.41) is 0. The minimum Gasteiger partial charge on any atom is -0.280 e. The summed E-state index contributed by atoms with van der Waals surface area (Å²) in [6.45, 7) is 5.94. The Morgan fingerprint density at radius 1 is 1.25 bits per heavy atom. The first kappa shape index (κ1) is 15.9. The van der Waals surface area contributed by atoms with Crippen LogP contribution in [0.1, 0.15) is 39.0 Å². The minimum atomic E-state index is 0.0417. The highest BCUT2D eigenvalue weighted by molar-refractivity contribution is 9.47. The fourth-order valence-electron chi connectivity index (χ4n) is 0.748. The van der Waals surface area contributed by atoms with E-state index in [-0.39, 0.29) is 16.0 Å². The van der Waals surface area contributed by atoms with E-state index in [9.17, 15) is 0 Å². The predicted molar refractivity (Wildman–Crippen MR) is 66.9 cm³/mol. The largest absolute Gasteiger partial charge is 0.560 e. The molecule has 3 heteroatoms. The Morgan fingerprint density at radius 3 is 2.25 bits per heavy atom. The Balaban J connectivity index is 0. The molecule has 0 aromatic heterocycles. The highest BCUT2D eigenvalue weighted by Gasteiger charge is 1.79. The van der Waals surface area contributed by atoms with Crippen LogP contribution < -0.4 is 0 Å². The van der Waals surface area contributed by atoms with Crippen LogP contribution in [0.2, 0.25) is 0 Å². The van der Waals surface area contributed by atoms with Crippen LogP contribution in [-0.2, 0) is 0 Å². The summed E-state index contributed by atoms with van der Waals surface area (Å²) in [5.74, 6) is 0. The Labute approximate surface area is 99.0 Å². The van der Waals surface area contributed by atoms with Crippen molar-refractivity contribution in [3.05, 3.63) is 19.1 Å². The summed E-state index contributed by atoms with van der Waals surface area (Å²) in [6, 6.07) is 0. The van der Waals surface area contributed by atoms with Crippen molar-refractivity contribution in [1.82, 2.24) is 0 Å². The normalized spacial score (nSPS) is 9.00. The van der Waals surface area contributed by atoms with Crippen LogP contribution in [0.4, 0.5) is 0 Å². The van der Waals surface area contributed by atoms with Crippen LogP contribution in [0.3, 0.4) is 0 Å². The molecule has 0 bridgehead atoms. The molecule has 0 heterocycles. The van der Waals surface area contributed by atoms with Gasteiger partial charge in [0.25, 0.3) is 0 Å². The summed E-state index contributed by atoms with van der Waals surface area (Å²) >= 11 is 6.44. The number of unbranched alkanes of at least 4 members (excludes halogenated alkanes) is 3. The maximum atomic E-state index is 3.72. The zero-order valence-electron chi connectivity index (χ0n) is 7.86. The van der Waals surface area contributed by atoms with E-state index in [1.54, 1.807) is 0 Å². The quantitative estimate of drug-likeness (QED) is 0.394. The van der Waals surface area contributed by atoms with Gasteiger partial charge in [-0.3, -0.25) is 25.8 Å². The lowest BCUT2D eigenvalue weighted by molar-refractivity contribution is 0.728. The smallest absolute Gasteiger partial charge is 0.280 e. The van der Waals surface area contributed by atoms with Gasteiger partial charge in [0, 0.05) is 0 Å². The maximum Gasteiger partial charge on any atom is 0.560 e. The summed E-state index contributed by atoms with van der Waals surface area (Å²) in [7, 11) is 0. The lowest BCUT2D eigenvalue weighted by atomic mass is 10.2. The van der Waals surface area contributed by atoms with Gasteiger partial charge in [-0.2, -0.15) is 0 Å². The van der Waals surface area contributed by atoms with Gasteiger partial charge < -0.3 is 0 Å². The molecule has 0 unspecified atom stereocenters. The van der Waals surface area contributed by atoms with Crippen molar-refractivity contribution in [3.8, 4) is 0 Å². The lowest BCUT2D eigenvalue weighted by Gasteiger charge is -1.89. The Kier molecular flexibility index (Phi) is 24.3. The van der Waals surface area contributed by atoms with Crippen LogP contribution in [0.5, 0.6) is 0 Å². The van der Waals surface area contributed by atoms with E-state index in [2.05, 4.69) is 51.8 Å². The molecular weight excluding hydrogens is 292 g/mol. The molecule has 12 heavy (non-hydrogen) atoms. The van der Waals surface area contributed by atoms with Crippen LogP contribution >= 0.6 is 25.8 Å². The predicted octanol–water partition coefficient (Wildman–Crippen LogP) is 4.66. The van der Waals surface area contributed by atoms with Crippen LogP contribution in [0.25, 0.3) is 0 Å². The summed E-state index contributed by atoms with van der Waals surface area (Å²) in [4.78, 5) is 0. The van der Waals surface area contributed by atoms with Gasteiger partial charge in [0.05, 0.1) is 0 Å². The first-order valence-electron chi connectivity index (χ1n) is 4.39. The van der Waals surface area contributed by atoms with Crippen LogP contribution in [0, 0.1) is 6.92 Å². The molecule has 0 aliphatic heterocycles. The number of rotatable bonds is 5. The van der Waals surface area contributed by atoms with Gasteiger partial charge in [-0.1, -0.05) is 31.9 Å². The summed E-state index contributed by atoms with van der Waals surface area (Å²) in [6.07, 6.45) is 10.6. The summed E-state index contributed by atoms with van der Waals surface area (Å²) in [5.41, 5.74) is 0. The Morgan fingerprint density at radius 2 is 1.83 bits per heavy atom. The molecule has 0 nitrogen and oxygen atoms in total. The van der Waals surface area contributed by atoms with Gasteiger partial charge in [-0.05, 0) is 26.2 Å². The number of allylic oxidation sites excluding steroid dienone is 2. The van der Waals surface area contributed by atoms with Crippen LogP contribution in [-0.4, -0.2) is 16.0 Å². The fraction of sp³-hybridized carbons (Fsp3) is 0.667. The SMILES string of the molecule is [Br][Mg][Br].[CH2]C/C=C\CCCCC. The fourth-order valence-corrected chi connectivity index (χ4v) is 0.748. The third kappa shape index (κ3) is 22.5. The van der Waals surface area contributed by atoms with Crippen molar-refractivity contribution in [2.75, 3.05) is 0 Å². The van der Waals surface area contributed by atoms with Gasteiger partial charge >= 0.3 is 16.0 Å². The second-order valence-corrected chi connectivity index (χ2v) is 10.4. The molecule has 0 aromatic rings.